The zero-order valence-corrected chi connectivity index (χ0v) is 12.7. The number of esters is 3. The van der Waals surface area contributed by atoms with E-state index < -0.39 is 48.6 Å². The molecular formula is C13H20O8. The highest BCUT2D eigenvalue weighted by Crippen LogP contribution is 2.28. The van der Waals surface area contributed by atoms with Crippen LogP contribution in [0.15, 0.2) is 0 Å². The summed E-state index contributed by atoms with van der Waals surface area (Å²) in [5.41, 5.74) is 0. The molecule has 8 heteroatoms. The van der Waals surface area contributed by atoms with Crippen molar-refractivity contribution in [2.24, 2.45) is 0 Å². The summed E-state index contributed by atoms with van der Waals surface area (Å²) in [5, 5.41) is 0. The van der Waals surface area contributed by atoms with Gasteiger partial charge < -0.3 is 23.7 Å². The van der Waals surface area contributed by atoms with Crippen LogP contribution in [0.3, 0.4) is 0 Å². The van der Waals surface area contributed by atoms with Crippen molar-refractivity contribution >= 4 is 17.9 Å². The summed E-state index contributed by atoms with van der Waals surface area (Å²) in [7, 11) is 1.38. The van der Waals surface area contributed by atoms with E-state index >= 15 is 0 Å². The number of rotatable bonds is 4. The maximum atomic E-state index is 11.2. The van der Waals surface area contributed by atoms with Gasteiger partial charge in [0, 0.05) is 27.9 Å². The quantitative estimate of drug-likeness (QED) is 0.535. The third-order valence-electron chi connectivity index (χ3n) is 2.89. The highest BCUT2D eigenvalue weighted by molar-refractivity contribution is 5.67. The number of carbonyl (C=O) groups is 3. The van der Waals surface area contributed by atoms with E-state index in [1.807, 2.05) is 0 Å². The van der Waals surface area contributed by atoms with Gasteiger partial charge in [-0.3, -0.25) is 14.4 Å². The first-order chi connectivity index (χ1) is 9.76. The highest BCUT2D eigenvalue weighted by Gasteiger charge is 2.50. The van der Waals surface area contributed by atoms with Crippen molar-refractivity contribution in [1.29, 1.82) is 0 Å². The van der Waals surface area contributed by atoms with Crippen molar-refractivity contribution in [3.63, 3.8) is 0 Å². The summed E-state index contributed by atoms with van der Waals surface area (Å²) in [5.74, 6) is -1.71. The van der Waals surface area contributed by atoms with Crippen LogP contribution < -0.4 is 0 Å². The Morgan fingerprint density at radius 3 is 1.71 bits per heavy atom. The SMILES string of the molecule is COC1[C@H](OC(C)=O)C(C)O[C@H](OC(C)=O)[C@@H]1OC(C)=O. The van der Waals surface area contributed by atoms with Crippen molar-refractivity contribution in [3.8, 4) is 0 Å². The van der Waals surface area contributed by atoms with Gasteiger partial charge in [-0.2, -0.15) is 0 Å². The van der Waals surface area contributed by atoms with E-state index in [1.165, 1.54) is 27.9 Å². The molecule has 0 spiro atoms. The average molecular weight is 304 g/mol. The van der Waals surface area contributed by atoms with Crippen LogP contribution >= 0.6 is 0 Å². The van der Waals surface area contributed by atoms with Gasteiger partial charge in [-0.25, -0.2) is 0 Å². The largest absolute Gasteiger partial charge is 0.457 e. The van der Waals surface area contributed by atoms with Crippen LogP contribution in [-0.2, 0) is 38.1 Å². The van der Waals surface area contributed by atoms with E-state index in [4.69, 9.17) is 23.7 Å². The van der Waals surface area contributed by atoms with Crippen LogP contribution in [0, 0.1) is 0 Å². The zero-order chi connectivity index (χ0) is 16.2. The Morgan fingerprint density at radius 1 is 0.810 bits per heavy atom. The molecule has 120 valence electrons. The van der Waals surface area contributed by atoms with E-state index in [0.29, 0.717) is 0 Å². The summed E-state index contributed by atoms with van der Waals surface area (Å²) in [4.78, 5) is 33.5. The van der Waals surface area contributed by atoms with Crippen LogP contribution in [0.4, 0.5) is 0 Å². The van der Waals surface area contributed by atoms with Crippen LogP contribution in [-0.4, -0.2) is 55.7 Å². The molecule has 0 aromatic rings. The van der Waals surface area contributed by atoms with Gasteiger partial charge in [0.25, 0.3) is 0 Å². The molecule has 1 saturated heterocycles. The highest BCUT2D eigenvalue weighted by atomic mass is 16.7. The molecule has 1 fully saturated rings. The second-order valence-electron chi connectivity index (χ2n) is 4.67. The van der Waals surface area contributed by atoms with Gasteiger partial charge in [0.05, 0.1) is 6.10 Å². The van der Waals surface area contributed by atoms with E-state index in [9.17, 15) is 14.4 Å². The fourth-order valence-electron chi connectivity index (χ4n) is 2.17. The summed E-state index contributed by atoms with van der Waals surface area (Å²) < 4.78 is 26.0. The van der Waals surface area contributed by atoms with Crippen LogP contribution in [0.2, 0.25) is 0 Å². The second-order valence-corrected chi connectivity index (χ2v) is 4.67. The van der Waals surface area contributed by atoms with Gasteiger partial charge in [-0.15, -0.1) is 0 Å². The Labute approximate surface area is 122 Å². The monoisotopic (exact) mass is 304 g/mol. The molecule has 0 amide bonds. The number of carbonyl (C=O) groups excluding carboxylic acids is 3. The Kier molecular flexibility index (Phi) is 6.10. The van der Waals surface area contributed by atoms with Gasteiger partial charge in [0.15, 0.2) is 12.2 Å². The van der Waals surface area contributed by atoms with Crippen molar-refractivity contribution < 1.29 is 38.1 Å². The smallest absolute Gasteiger partial charge is 0.305 e. The standard InChI is InChI=1S/C13H20O8/c1-6-10(19-7(2)14)11(17-5)12(20-8(3)15)13(18-6)21-9(4)16/h6,10-13H,1-5H3/t6?,10-,11?,12-,13-/m1/s1. The number of ether oxygens (including phenoxy) is 5. The predicted molar refractivity (Wildman–Crippen MR) is 68.0 cm³/mol. The summed E-state index contributed by atoms with van der Waals surface area (Å²) >= 11 is 0. The Bertz CT molecular complexity index is 407. The van der Waals surface area contributed by atoms with E-state index in [1.54, 1.807) is 6.92 Å². The molecule has 0 N–H and O–H groups in total. The molecule has 5 atom stereocenters. The summed E-state index contributed by atoms with van der Waals surface area (Å²) in [6.07, 6.45) is -4.36. The molecule has 0 bridgehead atoms. The molecule has 0 aliphatic carbocycles. The Hall–Kier alpha value is -1.67. The van der Waals surface area contributed by atoms with Crippen molar-refractivity contribution in [2.75, 3.05) is 7.11 Å². The molecular weight excluding hydrogens is 284 g/mol. The minimum atomic E-state index is -1.13. The van der Waals surface area contributed by atoms with Crippen LogP contribution in [0.1, 0.15) is 27.7 Å². The maximum absolute atomic E-state index is 11.2. The van der Waals surface area contributed by atoms with E-state index in [2.05, 4.69) is 0 Å². The predicted octanol–water partition coefficient (Wildman–Crippen LogP) is 0.173. The van der Waals surface area contributed by atoms with Gasteiger partial charge in [-0.1, -0.05) is 0 Å². The Morgan fingerprint density at radius 2 is 1.29 bits per heavy atom. The molecule has 8 nitrogen and oxygen atoms in total. The number of hydrogen-bond acceptors (Lipinski definition) is 8. The molecule has 1 aliphatic rings. The molecule has 1 rings (SSSR count). The summed E-state index contributed by atoms with van der Waals surface area (Å²) in [6.45, 7) is 5.30. The van der Waals surface area contributed by atoms with Crippen molar-refractivity contribution in [1.82, 2.24) is 0 Å². The first-order valence-electron chi connectivity index (χ1n) is 6.46. The van der Waals surface area contributed by atoms with Crippen molar-refractivity contribution in [2.45, 2.75) is 58.4 Å². The first-order valence-corrected chi connectivity index (χ1v) is 6.46. The average Bonchev–Trinajstić information content (AvgIpc) is 2.33. The fourth-order valence-corrected chi connectivity index (χ4v) is 2.17. The maximum Gasteiger partial charge on any atom is 0.305 e. The molecule has 0 aromatic heterocycles. The normalized spacial score (nSPS) is 32.1. The lowest BCUT2D eigenvalue weighted by Crippen LogP contribution is -2.60. The third-order valence-corrected chi connectivity index (χ3v) is 2.89. The van der Waals surface area contributed by atoms with Gasteiger partial charge in [-0.05, 0) is 6.92 Å². The zero-order valence-electron chi connectivity index (χ0n) is 12.7. The molecule has 0 saturated carbocycles. The lowest BCUT2D eigenvalue weighted by Gasteiger charge is -2.42. The lowest BCUT2D eigenvalue weighted by atomic mass is 9.99. The Balaban J connectivity index is 3.02. The number of hydrogen-bond donors (Lipinski definition) is 0. The number of methoxy groups -OCH3 is 1. The lowest BCUT2D eigenvalue weighted by molar-refractivity contribution is -0.293. The molecule has 1 heterocycles. The van der Waals surface area contributed by atoms with E-state index in [0.717, 1.165) is 0 Å². The molecule has 21 heavy (non-hydrogen) atoms. The minimum absolute atomic E-state index is 0.523. The van der Waals surface area contributed by atoms with Crippen molar-refractivity contribution in [3.05, 3.63) is 0 Å². The van der Waals surface area contributed by atoms with Gasteiger partial charge in [0.1, 0.15) is 6.10 Å². The van der Waals surface area contributed by atoms with Gasteiger partial charge >= 0.3 is 17.9 Å². The minimum Gasteiger partial charge on any atom is -0.457 e. The van der Waals surface area contributed by atoms with Crippen LogP contribution in [0.25, 0.3) is 0 Å². The summed E-state index contributed by atoms with van der Waals surface area (Å²) in [6, 6.07) is 0. The third kappa shape index (κ3) is 4.68. The molecule has 1 aliphatic heterocycles. The van der Waals surface area contributed by atoms with Gasteiger partial charge in [0.2, 0.25) is 6.29 Å². The topological polar surface area (TPSA) is 97.4 Å². The fraction of sp³-hybridized carbons (Fsp3) is 0.769. The second kappa shape index (κ2) is 7.37. The van der Waals surface area contributed by atoms with Crippen LogP contribution in [0.5, 0.6) is 0 Å². The molecule has 0 radical (unpaired) electrons. The first kappa shape index (κ1) is 17.4. The molecule has 2 unspecified atom stereocenters. The molecule has 0 aromatic carbocycles. The van der Waals surface area contributed by atoms with E-state index in [-0.39, 0.29) is 0 Å².